The van der Waals surface area contributed by atoms with E-state index in [2.05, 4.69) is 66.3 Å². The number of nitrogens with one attached hydrogen (secondary N) is 1. The number of hydrogen-bond acceptors (Lipinski definition) is 4. The zero-order chi connectivity index (χ0) is 24.1. The average molecular weight is 518 g/mol. The smallest absolute Gasteiger partial charge is 0.240 e. The zero-order valence-corrected chi connectivity index (χ0v) is 21.9. The molecule has 1 amide bonds. The monoisotopic (exact) mass is 516 g/mol. The van der Waals surface area contributed by atoms with E-state index in [1.165, 1.54) is 24.8 Å². The van der Waals surface area contributed by atoms with E-state index >= 15 is 0 Å². The van der Waals surface area contributed by atoms with Gasteiger partial charge in [0.1, 0.15) is 11.5 Å². The highest BCUT2D eigenvalue weighted by atomic mass is 79.9. The number of nitrogens with zero attached hydrogens (tertiary/aromatic N) is 1. The van der Waals surface area contributed by atoms with Crippen LogP contribution in [0.3, 0.4) is 0 Å². The summed E-state index contributed by atoms with van der Waals surface area (Å²) in [5.41, 5.74) is 4.80. The lowest BCUT2D eigenvalue weighted by Crippen LogP contribution is -2.18. The maximum atomic E-state index is 12.0. The minimum Gasteiger partial charge on any atom is -0.494 e. The number of ether oxygens (including phenoxy) is 2. The number of carbonyl (C=O) groups is 1. The second kappa shape index (κ2) is 14.0. The highest BCUT2D eigenvalue weighted by Gasteiger charge is 2.15. The van der Waals surface area contributed by atoms with Crippen LogP contribution in [0.25, 0.3) is 0 Å². The maximum Gasteiger partial charge on any atom is 0.240 e. The second-order valence-electron chi connectivity index (χ2n) is 9.12. The molecule has 2 aromatic carbocycles. The molecule has 0 atom stereocenters. The number of halogens is 1. The number of rotatable bonds is 13. The van der Waals surface area contributed by atoms with E-state index in [0.29, 0.717) is 19.4 Å². The summed E-state index contributed by atoms with van der Waals surface area (Å²) in [5, 5.41) is 4.04. The lowest BCUT2D eigenvalue weighted by atomic mass is 9.87. The number of carbonyl (C=O) groups excluding carboxylic acids is 1. The molecule has 0 bridgehead atoms. The molecule has 33 heavy (non-hydrogen) atoms. The van der Waals surface area contributed by atoms with Gasteiger partial charge in [0.2, 0.25) is 5.91 Å². The van der Waals surface area contributed by atoms with Crippen molar-refractivity contribution < 1.29 is 14.3 Å². The molecule has 0 aromatic heterocycles. The van der Waals surface area contributed by atoms with Gasteiger partial charge in [-0.2, -0.15) is 5.10 Å². The Labute approximate surface area is 207 Å². The van der Waals surface area contributed by atoms with Crippen molar-refractivity contribution in [2.45, 2.75) is 71.6 Å². The molecule has 0 heterocycles. The molecule has 0 saturated heterocycles. The van der Waals surface area contributed by atoms with Gasteiger partial charge in [-0.15, -0.1) is 0 Å². The lowest BCUT2D eigenvalue weighted by molar-refractivity contribution is -0.121. The molecule has 6 heteroatoms. The molecule has 0 aliphatic rings. The molecule has 0 aliphatic carbocycles. The lowest BCUT2D eigenvalue weighted by Gasteiger charge is -2.20. The Kier molecular flexibility index (Phi) is 11.4. The summed E-state index contributed by atoms with van der Waals surface area (Å²) < 4.78 is 12.5. The third-order valence-electron chi connectivity index (χ3n) is 5.15. The molecular weight excluding hydrogens is 480 g/mol. The average Bonchev–Trinajstić information content (AvgIpc) is 2.78. The van der Waals surface area contributed by atoms with Gasteiger partial charge < -0.3 is 9.47 Å². The number of hydrazone groups is 1. The van der Waals surface area contributed by atoms with E-state index in [0.717, 1.165) is 34.6 Å². The third-order valence-corrected chi connectivity index (χ3v) is 5.77. The van der Waals surface area contributed by atoms with Crippen LogP contribution in [0.1, 0.15) is 77.3 Å². The minimum absolute atomic E-state index is 0.0867. The first-order valence-corrected chi connectivity index (χ1v) is 12.6. The Balaban J connectivity index is 1.65. The van der Waals surface area contributed by atoms with Gasteiger partial charge in [-0.3, -0.25) is 4.79 Å². The van der Waals surface area contributed by atoms with E-state index in [1.807, 2.05) is 30.3 Å². The van der Waals surface area contributed by atoms with E-state index in [-0.39, 0.29) is 11.3 Å². The van der Waals surface area contributed by atoms with E-state index in [1.54, 1.807) is 6.21 Å². The number of unbranched alkanes of at least 4 members (excludes halogenated alkanes) is 3. The highest BCUT2D eigenvalue weighted by Crippen LogP contribution is 2.31. The summed E-state index contributed by atoms with van der Waals surface area (Å²) in [6.07, 6.45) is 7.35. The topological polar surface area (TPSA) is 59.9 Å². The summed E-state index contributed by atoms with van der Waals surface area (Å²) in [5.74, 6) is 1.51. The molecule has 0 unspecified atom stereocenters. The van der Waals surface area contributed by atoms with Gasteiger partial charge in [0, 0.05) is 6.42 Å². The maximum absolute atomic E-state index is 12.0. The van der Waals surface area contributed by atoms with Crippen molar-refractivity contribution in [2.75, 3.05) is 13.2 Å². The van der Waals surface area contributed by atoms with Crippen LogP contribution >= 0.6 is 15.9 Å². The van der Waals surface area contributed by atoms with E-state index in [9.17, 15) is 4.79 Å². The molecule has 1 N–H and O–H groups in total. The number of benzene rings is 2. The van der Waals surface area contributed by atoms with Gasteiger partial charge >= 0.3 is 0 Å². The van der Waals surface area contributed by atoms with Gasteiger partial charge in [-0.05, 0) is 81.7 Å². The first-order chi connectivity index (χ1) is 15.8. The van der Waals surface area contributed by atoms with Crippen molar-refractivity contribution in [3.63, 3.8) is 0 Å². The van der Waals surface area contributed by atoms with Crippen LogP contribution in [-0.4, -0.2) is 25.3 Å². The van der Waals surface area contributed by atoms with Gasteiger partial charge in [0.25, 0.3) is 0 Å². The molecule has 0 fully saturated rings. The predicted octanol–water partition coefficient (Wildman–Crippen LogP) is 7.02. The normalized spacial score (nSPS) is 11.5. The summed E-state index contributed by atoms with van der Waals surface area (Å²) in [6, 6.07) is 13.8. The van der Waals surface area contributed by atoms with Crippen molar-refractivity contribution in [3.05, 3.63) is 58.1 Å². The van der Waals surface area contributed by atoms with Crippen LogP contribution in [0, 0.1) is 0 Å². The first-order valence-electron chi connectivity index (χ1n) is 11.8. The fourth-order valence-electron chi connectivity index (χ4n) is 3.10. The highest BCUT2D eigenvalue weighted by molar-refractivity contribution is 9.10. The Morgan fingerprint density at radius 1 is 1.00 bits per heavy atom. The molecule has 0 radical (unpaired) electrons. The zero-order valence-electron chi connectivity index (χ0n) is 20.3. The Morgan fingerprint density at radius 3 is 2.39 bits per heavy atom. The Bertz CT molecular complexity index is 889. The van der Waals surface area contributed by atoms with Gasteiger partial charge in [0.05, 0.1) is 23.9 Å². The van der Waals surface area contributed by atoms with Crippen LogP contribution in [0.4, 0.5) is 0 Å². The molecular formula is C27H37BrN2O3. The van der Waals surface area contributed by atoms with E-state index in [4.69, 9.17) is 9.47 Å². The van der Waals surface area contributed by atoms with Crippen molar-refractivity contribution in [1.82, 2.24) is 5.43 Å². The van der Waals surface area contributed by atoms with Crippen molar-refractivity contribution in [2.24, 2.45) is 5.10 Å². The molecule has 2 rings (SSSR count). The molecule has 5 nitrogen and oxygen atoms in total. The quantitative estimate of drug-likeness (QED) is 0.177. The fourth-order valence-corrected chi connectivity index (χ4v) is 3.60. The van der Waals surface area contributed by atoms with Crippen molar-refractivity contribution in [1.29, 1.82) is 0 Å². The summed E-state index contributed by atoms with van der Waals surface area (Å²) in [6.45, 7) is 9.94. The number of hydrogen-bond donors (Lipinski definition) is 1. The SMILES string of the molecule is CCCCCCOc1ccc(/C=N/NC(=O)CCCOc2ccc(C(C)(C)C)cc2Br)cc1. The number of amides is 1. The van der Waals surface area contributed by atoms with Crippen LogP contribution < -0.4 is 14.9 Å². The molecule has 0 aliphatic heterocycles. The van der Waals surface area contributed by atoms with Crippen molar-refractivity contribution in [3.8, 4) is 11.5 Å². The van der Waals surface area contributed by atoms with E-state index < -0.39 is 0 Å². The predicted molar refractivity (Wildman–Crippen MR) is 139 cm³/mol. The summed E-state index contributed by atoms with van der Waals surface area (Å²) >= 11 is 3.57. The van der Waals surface area contributed by atoms with Crippen LogP contribution in [0.2, 0.25) is 0 Å². The summed E-state index contributed by atoms with van der Waals surface area (Å²) in [7, 11) is 0. The largest absolute Gasteiger partial charge is 0.494 e. The van der Waals surface area contributed by atoms with Gasteiger partial charge in [-0.1, -0.05) is 53.0 Å². The van der Waals surface area contributed by atoms with Gasteiger partial charge in [0.15, 0.2) is 0 Å². The Hall–Kier alpha value is -2.34. The molecule has 0 saturated carbocycles. The summed E-state index contributed by atoms with van der Waals surface area (Å²) in [4.78, 5) is 12.0. The standard InChI is InChI=1S/C27H37BrN2O3/c1-5-6-7-8-17-32-23-14-11-21(12-15-23)20-29-30-26(31)10-9-18-33-25-16-13-22(19-24(25)28)27(2,3)4/h11-16,19-20H,5-10,17-18H2,1-4H3,(H,30,31)/b29-20+. The van der Waals surface area contributed by atoms with Crippen LogP contribution in [-0.2, 0) is 10.2 Å². The third kappa shape index (κ3) is 10.4. The molecule has 180 valence electrons. The van der Waals surface area contributed by atoms with Crippen molar-refractivity contribution >= 4 is 28.1 Å². The first kappa shape index (κ1) is 26.9. The fraction of sp³-hybridized carbons (Fsp3) is 0.481. The second-order valence-corrected chi connectivity index (χ2v) is 9.97. The van der Waals surface area contributed by atoms with Crippen LogP contribution in [0.5, 0.6) is 11.5 Å². The Morgan fingerprint density at radius 2 is 1.73 bits per heavy atom. The molecule has 0 spiro atoms. The van der Waals surface area contributed by atoms with Crippen LogP contribution in [0.15, 0.2) is 52.0 Å². The van der Waals surface area contributed by atoms with Gasteiger partial charge in [-0.25, -0.2) is 5.43 Å². The molecule has 2 aromatic rings. The minimum atomic E-state index is -0.135.